The van der Waals surface area contributed by atoms with Gasteiger partial charge in [0.15, 0.2) is 0 Å². The van der Waals surface area contributed by atoms with Gasteiger partial charge in [-0.25, -0.2) is 0 Å². The van der Waals surface area contributed by atoms with E-state index in [4.69, 9.17) is 0 Å². The quantitative estimate of drug-likeness (QED) is 0.157. The van der Waals surface area contributed by atoms with Crippen molar-refractivity contribution in [2.45, 2.75) is 6.92 Å². The van der Waals surface area contributed by atoms with Crippen molar-refractivity contribution in [1.82, 2.24) is 0 Å². The van der Waals surface area contributed by atoms with Gasteiger partial charge in [-0.05, 0) is 101 Å². The first-order valence-electron chi connectivity index (χ1n) is 17.7. The van der Waals surface area contributed by atoms with E-state index in [1.165, 1.54) is 53.7 Å². The van der Waals surface area contributed by atoms with Gasteiger partial charge < -0.3 is 9.80 Å². The Morgan fingerprint density at radius 2 is 0.885 bits per heavy atom. The number of aryl methyl sites for hydroxylation is 1. The number of thiophene rings is 1. The van der Waals surface area contributed by atoms with E-state index >= 15 is 0 Å². The average Bonchev–Trinajstić information content (AvgIpc) is 3.60. The highest BCUT2D eigenvalue weighted by molar-refractivity contribution is 7.26. The molecule has 9 rings (SSSR count). The first kappa shape index (κ1) is 31.6. The van der Waals surface area contributed by atoms with Crippen molar-refractivity contribution in [2.24, 2.45) is 0 Å². The minimum Gasteiger partial charge on any atom is -0.310 e. The number of hydrogen-bond donors (Lipinski definition) is 0. The predicted octanol–water partition coefficient (Wildman–Crippen LogP) is 14.6. The summed E-state index contributed by atoms with van der Waals surface area (Å²) in [5, 5.41) is 2.58. The lowest BCUT2D eigenvalue weighted by Crippen LogP contribution is -2.14. The fourth-order valence-electron chi connectivity index (χ4n) is 7.23. The molecule has 2 nitrogen and oxygen atoms in total. The third-order valence-electron chi connectivity index (χ3n) is 9.74. The van der Waals surface area contributed by atoms with Crippen molar-refractivity contribution in [3.05, 3.63) is 206 Å². The molecule has 8 aromatic carbocycles. The molecule has 0 bridgehead atoms. The Labute approximate surface area is 309 Å². The molecular weight excluding hydrogens is 649 g/mol. The van der Waals surface area contributed by atoms with Gasteiger partial charge in [-0.2, -0.15) is 0 Å². The summed E-state index contributed by atoms with van der Waals surface area (Å²) in [4.78, 5) is 4.83. The Balaban J connectivity index is 1.27. The highest BCUT2D eigenvalue weighted by Crippen LogP contribution is 2.47. The van der Waals surface area contributed by atoms with Crippen LogP contribution in [0.4, 0.5) is 34.1 Å². The third kappa shape index (κ3) is 5.91. The number of fused-ring (bicyclic) bond motifs is 3. The van der Waals surface area contributed by atoms with Gasteiger partial charge in [0.25, 0.3) is 0 Å². The summed E-state index contributed by atoms with van der Waals surface area (Å²) in [7, 11) is 0. The first-order valence-corrected chi connectivity index (χ1v) is 18.5. The molecule has 3 heteroatoms. The number of benzene rings is 8. The molecule has 0 radical (unpaired) electrons. The number of para-hydroxylation sites is 2. The topological polar surface area (TPSA) is 6.48 Å². The summed E-state index contributed by atoms with van der Waals surface area (Å²) in [6, 6.07) is 72.1. The maximum Gasteiger partial charge on any atom is 0.0640 e. The predicted molar refractivity (Wildman–Crippen MR) is 224 cm³/mol. The molecule has 0 aliphatic rings. The summed E-state index contributed by atoms with van der Waals surface area (Å²) in [6.07, 6.45) is 0. The van der Waals surface area contributed by atoms with Crippen LogP contribution in [0, 0.1) is 6.92 Å². The van der Waals surface area contributed by atoms with Crippen LogP contribution < -0.4 is 9.80 Å². The minimum absolute atomic E-state index is 1.08. The molecule has 0 spiro atoms. The van der Waals surface area contributed by atoms with Crippen LogP contribution in [0.5, 0.6) is 0 Å². The van der Waals surface area contributed by atoms with Gasteiger partial charge in [0.05, 0.1) is 16.1 Å². The van der Waals surface area contributed by atoms with Crippen molar-refractivity contribution in [3.8, 4) is 22.3 Å². The van der Waals surface area contributed by atoms with Gasteiger partial charge in [-0.3, -0.25) is 0 Å². The SMILES string of the molecule is Cc1ccc(N(c2ccccc2)c2cc(-c3ccccc3)cc(-c3ccccc3)c2)cc1N(c1ccccc1)c1cccc2c1sc1ccccc12. The van der Waals surface area contributed by atoms with Crippen LogP contribution in [-0.4, -0.2) is 0 Å². The highest BCUT2D eigenvalue weighted by atomic mass is 32.1. The zero-order valence-corrected chi connectivity index (χ0v) is 29.7. The van der Waals surface area contributed by atoms with Crippen LogP contribution in [0.15, 0.2) is 200 Å². The number of rotatable bonds is 8. The first-order chi connectivity index (χ1) is 25.7. The monoisotopic (exact) mass is 684 g/mol. The van der Waals surface area contributed by atoms with Crippen molar-refractivity contribution in [2.75, 3.05) is 9.80 Å². The largest absolute Gasteiger partial charge is 0.310 e. The molecule has 248 valence electrons. The van der Waals surface area contributed by atoms with Crippen LogP contribution in [-0.2, 0) is 0 Å². The number of hydrogen-bond acceptors (Lipinski definition) is 3. The van der Waals surface area contributed by atoms with Crippen LogP contribution in [0.2, 0.25) is 0 Å². The maximum absolute atomic E-state index is 2.44. The van der Waals surface area contributed by atoms with E-state index in [1.54, 1.807) is 0 Å². The second-order valence-electron chi connectivity index (χ2n) is 13.1. The highest BCUT2D eigenvalue weighted by Gasteiger charge is 2.22. The fourth-order valence-corrected chi connectivity index (χ4v) is 8.44. The standard InChI is InChI=1S/C49H36N2S/c1-35-29-30-42(34-47(35)51(41-23-12-5-13-24-41)46-27-16-26-45-44-25-14-15-28-48(44)52-49(45)46)50(40-21-10-4-11-22-40)43-32-38(36-17-6-2-7-18-36)31-39(33-43)37-19-8-3-9-20-37/h2-34H,1H3. The van der Waals surface area contributed by atoms with E-state index in [0.717, 1.165) is 28.4 Å². The fraction of sp³-hybridized carbons (Fsp3) is 0.0204. The molecule has 52 heavy (non-hydrogen) atoms. The van der Waals surface area contributed by atoms with Gasteiger partial charge in [0.1, 0.15) is 0 Å². The minimum atomic E-state index is 1.08. The average molecular weight is 685 g/mol. The van der Waals surface area contributed by atoms with E-state index in [-0.39, 0.29) is 0 Å². The molecule has 0 aliphatic heterocycles. The Hall–Kier alpha value is -6.42. The molecule has 0 N–H and O–H groups in total. The van der Waals surface area contributed by atoms with Gasteiger partial charge in [-0.1, -0.05) is 133 Å². The third-order valence-corrected chi connectivity index (χ3v) is 10.9. The van der Waals surface area contributed by atoms with Gasteiger partial charge in [0, 0.05) is 38.2 Å². The molecular formula is C49H36N2S. The second kappa shape index (κ2) is 13.7. The van der Waals surface area contributed by atoms with E-state index in [9.17, 15) is 0 Å². The number of anilines is 6. The van der Waals surface area contributed by atoms with Crippen molar-refractivity contribution in [3.63, 3.8) is 0 Å². The molecule has 0 saturated heterocycles. The Morgan fingerprint density at radius 1 is 0.346 bits per heavy atom. The van der Waals surface area contributed by atoms with Crippen LogP contribution in [0.1, 0.15) is 5.56 Å². The van der Waals surface area contributed by atoms with Crippen molar-refractivity contribution < 1.29 is 0 Å². The van der Waals surface area contributed by atoms with Gasteiger partial charge in [-0.15, -0.1) is 11.3 Å². The normalized spacial score (nSPS) is 11.2. The molecule has 1 heterocycles. The zero-order valence-electron chi connectivity index (χ0n) is 28.9. The van der Waals surface area contributed by atoms with E-state index in [0.29, 0.717) is 0 Å². The summed E-state index contributed by atoms with van der Waals surface area (Å²) < 4.78 is 2.58. The van der Waals surface area contributed by atoms with Gasteiger partial charge in [0.2, 0.25) is 0 Å². The molecule has 0 fully saturated rings. The smallest absolute Gasteiger partial charge is 0.0640 e. The molecule has 1 aromatic heterocycles. The lowest BCUT2D eigenvalue weighted by atomic mass is 9.97. The molecule has 9 aromatic rings. The summed E-state index contributed by atoms with van der Waals surface area (Å²) in [5.74, 6) is 0. The number of nitrogens with zero attached hydrogens (tertiary/aromatic N) is 2. The van der Waals surface area contributed by atoms with Gasteiger partial charge >= 0.3 is 0 Å². The molecule has 0 atom stereocenters. The molecule has 0 unspecified atom stereocenters. The Bertz CT molecular complexity index is 2570. The zero-order chi connectivity index (χ0) is 34.9. The lowest BCUT2D eigenvalue weighted by molar-refractivity contribution is 1.23. The molecule has 0 saturated carbocycles. The summed E-state index contributed by atoms with van der Waals surface area (Å²) in [6.45, 7) is 2.22. The Kier molecular flexibility index (Phi) is 8.32. The summed E-state index contributed by atoms with van der Waals surface area (Å²) in [5.41, 5.74) is 12.6. The van der Waals surface area contributed by atoms with Crippen molar-refractivity contribution >= 4 is 65.6 Å². The molecule has 0 aliphatic carbocycles. The lowest BCUT2D eigenvalue weighted by Gasteiger charge is -2.31. The molecule has 0 amide bonds. The van der Waals surface area contributed by atoms with Crippen LogP contribution >= 0.6 is 11.3 Å². The van der Waals surface area contributed by atoms with E-state index < -0.39 is 0 Å². The van der Waals surface area contributed by atoms with Crippen molar-refractivity contribution in [1.29, 1.82) is 0 Å². The Morgan fingerprint density at radius 3 is 1.52 bits per heavy atom. The van der Waals surface area contributed by atoms with Crippen LogP contribution in [0.25, 0.3) is 42.4 Å². The van der Waals surface area contributed by atoms with E-state index in [2.05, 4.69) is 217 Å². The van der Waals surface area contributed by atoms with Crippen LogP contribution in [0.3, 0.4) is 0 Å². The summed E-state index contributed by atoms with van der Waals surface area (Å²) >= 11 is 1.86. The maximum atomic E-state index is 2.44. The second-order valence-corrected chi connectivity index (χ2v) is 14.1. The van der Waals surface area contributed by atoms with E-state index in [1.807, 2.05) is 11.3 Å².